The summed E-state index contributed by atoms with van der Waals surface area (Å²) in [7, 11) is 0. The van der Waals surface area contributed by atoms with E-state index in [9.17, 15) is 10.1 Å². The van der Waals surface area contributed by atoms with Gasteiger partial charge in [0.05, 0.1) is 11.3 Å². The van der Waals surface area contributed by atoms with E-state index >= 15 is 0 Å². The predicted molar refractivity (Wildman–Crippen MR) is 95.6 cm³/mol. The normalized spacial score (nSPS) is 14.1. The highest BCUT2D eigenvalue weighted by atomic mass is 16.5. The van der Waals surface area contributed by atoms with Crippen LogP contribution in [0.1, 0.15) is 54.1 Å². The molecule has 0 amide bonds. The summed E-state index contributed by atoms with van der Waals surface area (Å²) in [6.45, 7) is 2.04. The molecule has 0 radical (unpaired) electrons. The molecule has 1 heterocycles. The highest BCUT2D eigenvalue weighted by Gasteiger charge is 2.17. The first-order chi connectivity index (χ1) is 12.2. The fourth-order valence-corrected chi connectivity index (χ4v) is 3.01. The van der Waals surface area contributed by atoms with Crippen LogP contribution in [0.15, 0.2) is 36.5 Å². The molecule has 128 valence electrons. The van der Waals surface area contributed by atoms with Gasteiger partial charge < -0.3 is 10.1 Å². The van der Waals surface area contributed by atoms with Crippen molar-refractivity contribution < 1.29 is 9.53 Å². The highest BCUT2D eigenvalue weighted by Crippen LogP contribution is 2.24. The molecule has 1 saturated carbocycles. The Kier molecular flexibility index (Phi) is 5.30. The zero-order valence-corrected chi connectivity index (χ0v) is 14.3. The standard InChI is InChI=1S/C20H21N3O2/c1-14(24)16-6-7-17(12-21)19(11-16)23-13-15-8-9-22-20(10-15)25-18-4-2-3-5-18/h6-11,18,23H,2-5,13H2,1H3. The summed E-state index contributed by atoms with van der Waals surface area (Å²) in [5.41, 5.74) is 2.77. The number of rotatable bonds is 6. The lowest BCUT2D eigenvalue weighted by atomic mass is 10.1. The molecule has 1 aliphatic rings. The molecule has 2 aromatic rings. The number of nitrogens with zero attached hydrogens (tertiary/aromatic N) is 2. The SMILES string of the molecule is CC(=O)c1ccc(C#N)c(NCc2ccnc(OC3CCCC3)c2)c1. The van der Waals surface area contributed by atoms with E-state index in [0.29, 0.717) is 29.2 Å². The van der Waals surface area contributed by atoms with Crippen molar-refractivity contribution in [2.45, 2.75) is 45.3 Å². The molecular formula is C20H21N3O2. The smallest absolute Gasteiger partial charge is 0.213 e. The Balaban J connectivity index is 1.70. The van der Waals surface area contributed by atoms with E-state index in [0.717, 1.165) is 18.4 Å². The van der Waals surface area contributed by atoms with Gasteiger partial charge in [0.2, 0.25) is 5.88 Å². The number of Topliss-reactive ketones (excluding diaryl/α,β-unsaturated/α-hetero) is 1. The van der Waals surface area contributed by atoms with Crippen LogP contribution in [0.25, 0.3) is 0 Å². The minimum absolute atomic E-state index is 0.0244. The summed E-state index contributed by atoms with van der Waals surface area (Å²) < 4.78 is 5.93. The molecule has 5 nitrogen and oxygen atoms in total. The second kappa shape index (κ2) is 7.80. The molecule has 1 aromatic heterocycles. The summed E-state index contributed by atoms with van der Waals surface area (Å²) in [6.07, 6.45) is 6.62. The third-order valence-electron chi connectivity index (χ3n) is 4.42. The van der Waals surface area contributed by atoms with E-state index in [1.807, 2.05) is 12.1 Å². The molecule has 1 aromatic carbocycles. The van der Waals surface area contributed by atoms with Gasteiger partial charge in [-0.1, -0.05) is 0 Å². The number of hydrogen-bond donors (Lipinski definition) is 1. The van der Waals surface area contributed by atoms with Gasteiger partial charge in [0.15, 0.2) is 5.78 Å². The number of nitrogens with one attached hydrogen (secondary N) is 1. The van der Waals surface area contributed by atoms with Gasteiger partial charge in [0, 0.05) is 24.4 Å². The van der Waals surface area contributed by atoms with Crippen LogP contribution < -0.4 is 10.1 Å². The second-order valence-electron chi connectivity index (χ2n) is 6.31. The fraction of sp³-hybridized carbons (Fsp3) is 0.350. The summed E-state index contributed by atoms with van der Waals surface area (Å²) in [5.74, 6) is 0.618. The quantitative estimate of drug-likeness (QED) is 0.805. The maximum Gasteiger partial charge on any atom is 0.213 e. The molecule has 5 heteroatoms. The number of aromatic nitrogens is 1. The number of benzene rings is 1. The molecule has 0 atom stereocenters. The largest absolute Gasteiger partial charge is 0.474 e. The van der Waals surface area contributed by atoms with Gasteiger partial charge in [-0.05, 0) is 62.4 Å². The van der Waals surface area contributed by atoms with Crippen molar-refractivity contribution >= 4 is 11.5 Å². The van der Waals surface area contributed by atoms with Crippen LogP contribution in [-0.2, 0) is 6.54 Å². The van der Waals surface area contributed by atoms with Crippen LogP contribution in [-0.4, -0.2) is 16.9 Å². The van der Waals surface area contributed by atoms with Crippen LogP contribution >= 0.6 is 0 Å². The number of ketones is 1. The second-order valence-corrected chi connectivity index (χ2v) is 6.31. The minimum Gasteiger partial charge on any atom is -0.474 e. The number of nitriles is 1. The lowest BCUT2D eigenvalue weighted by molar-refractivity contribution is 0.101. The summed E-state index contributed by atoms with van der Waals surface area (Å²) in [6, 6.07) is 11.0. The van der Waals surface area contributed by atoms with Crippen molar-refractivity contribution in [3.63, 3.8) is 0 Å². The Morgan fingerprint density at radius 1 is 1.32 bits per heavy atom. The highest BCUT2D eigenvalue weighted by molar-refractivity contribution is 5.95. The maximum atomic E-state index is 11.5. The molecule has 0 unspecified atom stereocenters. The lowest BCUT2D eigenvalue weighted by Crippen LogP contribution is -2.12. The molecule has 25 heavy (non-hydrogen) atoms. The third-order valence-corrected chi connectivity index (χ3v) is 4.42. The summed E-state index contributed by atoms with van der Waals surface area (Å²) >= 11 is 0. The molecule has 0 spiro atoms. The summed E-state index contributed by atoms with van der Waals surface area (Å²) in [4.78, 5) is 15.8. The van der Waals surface area contributed by atoms with Crippen LogP contribution in [0, 0.1) is 11.3 Å². The molecule has 0 bridgehead atoms. The molecule has 1 fully saturated rings. The number of pyridine rings is 1. The van der Waals surface area contributed by atoms with E-state index < -0.39 is 0 Å². The van der Waals surface area contributed by atoms with E-state index in [1.54, 1.807) is 24.4 Å². The molecule has 3 rings (SSSR count). The molecular weight excluding hydrogens is 314 g/mol. The average molecular weight is 335 g/mol. The van der Waals surface area contributed by atoms with Crippen LogP contribution in [0.4, 0.5) is 5.69 Å². The van der Waals surface area contributed by atoms with E-state index in [4.69, 9.17) is 4.74 Å². The summed E-state index contributed by atoms with van der Waals surface area (Å²) in [5, 5.41) is 12.5. The van der Waals surface area contributed by atoms with Crippen molar-refractivity contribution in [3.8, 4) is 11.9 Å². The Labute approximate surface area is 147 Å². The Morgan fingerprint density at radius 3 is 2.84 bits per heavy atom. The van der Waals surface area contributed by atoms with Crippen molar-refractivity contribution in [2.75, 3.05) is 5.32 Å². The van der Waals surface area contributed by atoms with E-state index in [-0.39, 0.29) is 11.9 Å². The van der Waals surface area contributed by atoms with Gasteiger partial charge >= 0.3 is 0 Å². The van der Waals surface area contributed by atoms with Gasteiger partial charge in [0.1, 0.15) is 12.2 Å². The number of anilines is 1. The maximum absolute atomic E-state index is 11.5. The number of carbonyl (C=O) groups is 1. The van der Waals surface area contributed by atoms with Crippen LogP contribution in [0.2, 0.25) is 0 Å². The lowest BCUT2D eigenvalue weighted by Gasteiger charge is -2.13. The Morgan fingerprint density at radius 2 is 2.12 bits per heavy atom. The first-order valence-corrected chi connectivity index (χ1v) is 8.56. The zero-order chi connectivity index (χ0) is 17.6. The van der Waals surface area contributed by atoms with Crippen molar-refractivity contribution in [3.05, 3.63) is 53.2 Å². The fourth-order valence-electron chi connectivity index (χ4n) is 3.01. The van der Waals surface area contributed by atoms with Gasteiger partial charge in [0.25, 0.3) is 0 Å². The number of ether oxygens (including phenoxy) is 1. The van der Waals surface area contributed by atoms with Gasteiger partial charge in [-0.2, -0.15) is 5.26 Å². The molecule has 1 N–H and O–H groups in total. The Hall–Kier alpha value is -2.87. The minimum atomic E-state index is -0.0244. The number of carbonyl (C=O) groups excluding carboxylic acids is 1. The van der Waals surface area contributed by atoms with Crippen LogP contribution in [0.5, 0.6) is 5.88 Å². The van der Waals surface area contributed by atoms with E-state index in [2.05, 4.69) is 16.4 Å². The van der Waals surface area contributed by atoms with Crippen molar-refractivity contribution in [1.82, 2.24) is 4.98 Å². The van der Waals surface area contributed by atoms with E-state index in [1.165, 1.54) is 19.8 Å². The van der Waals surface area contributed by atoms with Crippen LogP contribution in [0.3, 0.4) is 0 Å². The van der Waals surface area contributed by atoms with Crippen molar-refractivity contribution in [2.24, 2.45) is 0 Å². The average Bonchev–Trinajstić information content (AvgIpc) is 3.13. The monoisotopic (exact) mass is 335 g/mol. The first-order valence-electron chi connectivity index (χ1n) is 8.56. The third kappa shape index (κ3) is 4.36. The topological polar surface area (TPSA) is 75.0 Å². The molecule has 0 saturated heterocycles. The first kappa shape index (κ1) is 17.0. The molecule has 0 aliphatic heterocycles. The zero-order valence-electron chi connectivity index (χ0n) is 14.3. The predicted octanol–water partition coefficient (Wildman–Crippen LogP) is 4.09. The van der Waals surface area contributed by atoms with Crippen molar-refractivity contribution in [1.29, 1.82) is 5.26 Å². The number of hydrogen-bond acceptors (Lipinski definition) is 5. The van der Waals surface area contributed by atoms with Gasteiger partial charge in [-0.25, -0.2) is 4.98 Å². The Bertz CT molecular complexity index is 805. The van der Waals surface area contributed by atoms with Gasteiger partial charge in [-0.3, -0.25) is 4.79 Å². The van der Waals surface area contributed by atoms with Gasteiger partial charge in [-0.15, -0.1) is 0 Å². The molecule has 1 aliphatic carbocycles.